The van der Waals surface area contributed by atoms with Gasteiger partial charge in [0, 0.05) is 21.7 Å². The van der Waals surface area contributed by atoms with Crippen molar-refractivity contribution in [1.29, 1.82) is 0 Å². The van der Waals surface area contributed by atoms with E-state index in [0.29, 0.717) is 0 Å². The molecule has 0 spiro atoms. The molecule has 0 unspecified atom stereocenters. The molecule has 140 valence electrons. The Kier molecular flexibility index (Phi) is 4.50. The molecule has 3 aromatic rings. The van der Waals surface area contributed by atoms with E-state index >= 15 is 0 Å². The number of rotatable bonds is 3. The highest BCUT2D eigenvalue weighted by molar-refractivity contribution is 7.92. The number of carbonyl (C=O) groups is 2. The van der Waals surface area contributed by atoms with Crippen LogP contribution in [0.15, 0.2) is 65.6 Å². The Bertz CT molecular complexity index is 1270. The fourth-order valence-corrected chi connectivity index (χ4v) is 4.80. The van der Waals surface area contributed by atoms with Crippen LogP contribution in [0.4, 0.5) is 5.69 Å². The van der Waals surface area contributed by atoms with Crippen molar-refractivity contribution in [3.63, 3.8) is 0 Å². The second-order valence-electron chi connectivity index (χ2n) is 6.11. The molecule has 0 amide bonds. The Morgan fingerprint density at radius 1 is 0.750 bits per heavy atom. The summed E-state index contributed by atoms with van der Waals surface area (Å²) < 4.78 is 28.4. The predicted molar refractivity (Wildman–Crippen MR) is 107 cm³/mol. The third-order valence-corrected chi connectivity index (χ3v) is 6.35. The van der Waals surface area contributed by atoms with E-state index in [1.807, 2.05) is 0 Å². The molecule has 0 heterocycles. The van der Waals surface area contributed by atoms with Gasteiger partial charge in [0.25, 0.3) is 10.0 Å². The summed E-state index contributed by atoms with van der Waals surface area (Å²) in [7, 11) is -4.22. The summed E-state index contributed by atoms with van der Waals surface area (Å²) in [6.45, 7) is 0. The summed E-state index contributed by atoms with van der Waals surface area (Å²) in [6.07, 6.45) is 0. The molecule has 1 aliphatic rings. The van der Waals surface area contributed by atoms with Crippen molar-refractivity contribution in [1.82, 2.24) is 0 Å². The molecule has 0 bridgehead atoms. The lowest BCUT2D eigenvalue weighted by molar-refractivity contribution is 0.0976. The standard InChI is InChI=1S/C20H11Cl2NO4S/c21-11-8-9-15(22)16(10-11)23-28(26,27)17-7-3-6-14-18(17)20(25)13-5-2-1-4-12(13)19(14)24/h1-10,23H. The van der Waals surface area contributed by atoms with Crippen molar-refractivity contribution >= 4 is 50.5 Å². The van der Waals surface area contributed by atoms with Crippen LogP contribution in [0.3, 0.4) is 0 Å². The van der Waals surface area contributed by atoms with Crippen LogP contribution < -0.4 is 4.72 Å². The van der Waals surface area contributed by atoms with E-state index in [1.54, 1.807) is 18.2 Å². The number of sulfonamides is 1. The summed E-state index contributed by atoms with van der Waals surface area (Å²) in [6, 6.07) is 14.8. The maximum absolute atomic E-state index is 13.0. The van der Waals surface area contributed by atoms with Crippen molar-refractivity contribution in [2.24, 2.45) is 0 Å². The molecule has 0 saturated heterocycles. The number of hydrogen-bond donors (Lipinski definition) is 1. The van der Waals surface area contributed by atoms with Gasteiger partial charge in [0.2, 0.25) is 0 Å². The monoisotopic (exact) mass is 431 g/mol. The Balaban J connectivity index is 1.87. The summed E-state index contributed by atoms with van der Waals surface area (Å²) in [5.41, 5.74) is 0.381. The number of halogens is 2. The van der Waals surface area contributed by atoms with Gasteiger partial charge in [0.1, 0.15) is 0 Å². The predicted octanol–water partition coefficient (Wildman–Crippen LogP) is 4.57. The number of hydrogen-bond acceptors (Lipinski definition) is 4. The van der Waals surface area contributed by atoms with Crippen LogP contribution in [-0.4, -0.2) is 20.0 Å². The maximum Gasteiger partial charge on any atom is 0.262 e. The van der Waals surface area contributed by atoms with Gasteiger partial charge in [-0.15, -0.1) is 0 Å². The highest BCUT2D eigenvalue weighted by Gasteiger charge is 2.34. The molecule has 5 nitrogen and oxygen atoms in total. The molecule has 0 aliphatic heterocycles. The first-order valence-corrected chi connectivity index (χ1v) is 10.3. The van der Waals surface area contributed by atoms with Crippen LogP contribution in [0.1, 0.15) is 31.8 Å². The molecule has 1 aliphatic carbocycles. The van der Waals surface area contributed by atoms with E-state index in [0.717, 1.165) is 0 Å². The van der Waals surface area contributed by atoms with E-state index in [9.17, 15) is 18.0 Å². The topological polar surface area (TPSA) is 80.3 Å². The van der Waals surface area contributed by atoms with Crippen molar-refractivity contribution in [3.05, 3.63) is 93.0 Å². The third-order valence-electron chi connectivity index (χ3n) is 4.38. The van der Waals surface area contributed by atoms with Gasteiger partial charge in [-0.3, -0.25) is 14.3 Å². The van der Waals surface area contributed by atoms with E-state index < -0.39 is 21.6 Å². The normalized spacial score (nSPS) is 13.1. The second-order valence-corrected chi connectivity index (χ2v) is 8.61. The second kappa shape index (κ2) is 6.74. The third kappa shape index (κ3) is 2.99. The Hall–Kier alpha value is -2.67. The average molecular weight is 432 g/mol. The van der Waals surface area contributed by atoms with Gasteiger partial charge in [0.15, 0.2) is 11.6 Å². The van der Waals surface area contributed by atoms with Crippen molar-refractivity contribution in [3.8, 4) is 0 Å². The van der Waals surface area contributed by atoms with Crippen LogP contribution in [0.2, 0.25) is 10.0 Å². The summed E-state index contributed by atoms with van der Waals surface area (Å²) in [5, 5.41) is 0.433. The van der Waals surface area contributed by atoms with Crippen molar-refractivity contribution < 1.29 is 18.0 Å². The lowest BCUT2D eigenvalue weighted by Crippen LogP contribution is -2.25. The number of fused-ring (bicyclic) bond motifs is 2. The van der Waals surface area contributed by atoms with Crippen LogP contribution in [0, 0.1) is 0 Å². The van der Waals surface area contributed by atoms with Crippen LogP contribution >= 0.6 is 23.2 Å². The summed E-state index contributed by atoms with van der Waals surface area (Å²) in [5.74, 6) is -0.925. The minimum Gasteiger partial charge on any atom is -0.289 e. The Labute approximate surface area is 171 Å². The highest BCUT2D eigenvalue weighted by Crippen LogP contribution is 2.33. The molecule has 8 heteroatoms. The minimum atomic E-state index is -4.22. The van der Waals surface area contributed by atoms with Gasteiger partial charge < -0.3 is 0 Å². The number of nitrogens with one attached hydrogen (secondary N) is 1. The van der Waals surface area contributed by atoms with Crippen molar-refractivity contribution in [2.45, 2.75) is 4.90 Å². The van der Waals surface area contributed by atoms with Gasteiger partial charge in [-0.25, -0.2) is 8.42 Å². The van der Waals surface area contributed by atoms with E-state index in [2.05, 4.69) is 4.72 Å². The molecular formula is C20H11Cl2NO4S. The van der Waals surface area contributed by atoms with Gasteiger partial charge in [0.05, 0.1) is 21.2 Å². The van der Waals surface area contributed by atoms with Crippen molar-refractivity contribution in [2.75, 3.05) is 4.72 Å². The van der Waals surface area contributed by atoms with E-state index in [4.69, 9.17) is 23.2 Å². The summed E-state index contributed by atoms with van der Waals surface area (Å²) in [4.78, 5) is 25.5. The van der Waals surface area contributed by atoms with E-state index in [-0.39, 0.29) is 42.9 Å². The quantitative estimate of drug-likeness (QED) is 0.515. The number of carbonyl (C=O) groups excluding carboxylic acids is 2. The molecule has 28 heavy (non-hydrogen) atoms. The fourth-order valence-electron chi connectivity index (χ4n) is 3.11. The molecule has 0 atom stereocenters. The smallest absolute Gasteiger partial charge is 0.262 e. The highest BCUT2D eigenvalue weighted by atomic mass is 35.5. The Morgan fingerprint density at radius 2 is 1.39 bits per heavy atom. The zero-order valence-electron chi connectivity index (χ0n) is 14.1. The van der Waals surface area contributed by atoms with Gasteiger partial charge in [-0.1, -0.05) is 59.6 Å². The molecule has 0 saturated carbocycles. The zero-order chi connectivity index (χ0) is 20.1. The average Bonchev–Trinajstić information content (AvgIpc) is 2.68. The molecule has 0 aromatic heterocycles. The zero-order valence-corrected chi connectivity index (χ0v) is 16.4. The van der Waals surface area contributed by atoms with Gasteiger partial charge >= 0.3 is 0 Å². The van der Waals surface area contributed by atoms with Gasteiger partial charge in [-0.2, -0.15) is 0 Å². The number of ketones is 2. The maximum atomic E-state index is 13.0. The lowest BCUT2D eigenvalue weighted by atomic mass is 9.84. The minimum absolute atomic E-state index is 0.0452. The number of benzene rings is 3. The molecule has 1 N–H and O–H groups in total. The lowest BCUT2D eigenvalue weighted by Gasteiger charge is -2.20. The number of anilines is 1. The fraction of sp³-hybridized carbons (Fsp3) is 0. The van der Waals surface area contributed by atoms with Crippen LogP contribution in [-0.2, 0) is 10.0 Å². The SMILES string of the molecule is O=C1c2ccccc2C(=O)c2c1cccc2S(=O)(=O)Nc1cc(Cl)ccc1Cl. The molecule has 0 radical (unpaired) electrons. The molecule has 4 rings (SSSR count). The first-order chi connectivity index (χ1) is 13.3. The molecular weight excluding hydrogens is 421 g/mol. The largest absolute Gasteiger partial charge is 0.289 e. The molecule has 0 fully saturated rings. The first kappa shape index (κ1) is 18.7. The molecule has 3 aromatic carbocycles. The van der Waals surface area contributed by atoms with Crippen LogP contribution in [0.25, 0.3) is 0 Å². The summed E-state index contributed by atoms with van der Waals surface area (Å²) >= 11 is 12.0. The van der Waals surface area contributed by atoms with Crippen LogP contribution in [0.5, 0.6) is 0 Å². The Morgan fingerprint density at radius 3 is 2.11 bits per heavy atom. The first-order valence-electron chi connectivity index (χ1n) is 8.09. The van der Waals surface area contributed by atoms with E-state index in [1.165, 1.54) is 42.5 Å². The van der Waals surface area contributed by atoms with Gasteiger partial charge in [-0.05, 0) is 24.3 Å².